The van der Waals surface area contributed by atoms with Crippen LogP contribution in [-0.2, 0) is 0 Å². The Labute approximate surface area is 120 Å². The molecule has 0 saturated carbocycles. The zero-order chi connectivity index (χ0) is 15.2. The molecular formula is C14H10N4O3. The van der Waals surface area contributed by atoms with Crippen LogP contribution in [0.15, 0.2) is 48.5 Å². The van der Waals surface area contributed by atoms with Crippen LogP contribution in [0.5, 0.6) is 0 Å². The summed E-state index contributed by atoms with van der Waals surface area (Å²) in [6.45, 7) is 0. The lowest BCUT2D eigenvalue weighted by atomic mass is 10.2. The van der Waals surface area contributed by atoms with Crippen LogP contribution in [0.1, 0.15) is 5.56 Å². The first-order valence-electron chi connectivity index (χ1n) is 5.91. The van der Waals surface area contributed by atoms with E-state index in [1.165, 1.54) is 18.2 Å². The van der Waals surface area contributed by atoms with Crippen molar-refractivity contribution in [2.45, 2.75) is 0 Å². The molecule has 0 atom stereocenters. The van der Waals surface area contributed by atoms with E-state index in [1.807, 2.05) is 6.07 Å². The predicted octanol–water partition coefficient (Wildman–Crippen LogP) is 3.11. The fourth-order valence-corrected chi connectivity index (χ4v) is 1.62. The molecule has 7 heteroatoms. The third-order valence-electron chi connectivity index (χ3n) is 2.59. The number of carbonyl (C=O) groups excluding carboxylic acids is 1. The van der Waals surface area contributed by atoms with Gasteiger partial charge in [-0.15, -0.1) is 0 Å². The average molecular weight is 282 g/mol. The number of rotatable bonds is 3. The molecule has 0 spiro atoms. The number of hydrogen-bond acceptors (Lipinski definition) is 4. The first-order valence-corrected chi connectivity index (χ1v) is 5.91. The summed E-state index contributed by atoms with van der Waals surface area (Å²) < 4.78 is 0. The van der Waals surface area contributed by atoms with Gasteiger partial charge in [-0.1, -0.05) is 6.07 Å². The lowest BCUT2D eigenvalue weighted by molar-refractivity contribution is -0.384. The smallest absolute Gasteiger partial charge is 0.308 e. The van der Waals surface area contributed by atoms with Gasteiger partial charge in [-0.05, 0) is 30.3 Å². The topological polar surface area (TPSA) is 108 Å². The predicted molar refractivity (Wildman–Crippen MR) is 76.9 cm³/mol. The largest absolute Gasteiger partial charge is 0.323 e. The number of anilines is 2. The lowest BCUT2D eigenvalue weighted by Gasteiger charge is -2.07. The highest BCUT2D eigenvalue weighted by molar-refractivity contribution is 5.99. The van der Waals surface area contributed by atoms with Crippen molar-refractivity contribution in [1.29, 1.82) is 5.26 Å². The molecule has 2 aromatic carbocycles. The maximum absolute atomic E-state index is 11.8. The summed E-state index contributed by atoms with van der Waals surface area (Å²) in [5, 5.41) is 24.4. The molecule has 2 amide bonds. The van der Waals surface area contributed by atoms with Crippen LogP contribution < -0.4 is 10.6 Å². The Kier molecular flexibility index (Phi) is 4.11. The molecule has 2 aromatic rings. The Morgan fingerprint density at radius 2 is 1.76 bits per heavy atom. The van der Waals surface area contributed by atoms with Crippen molar-refractivity contribution in [3.63, 3.8) is 0 Å². The highest BCUT2D eigenvalue weighted by Crippen LogP contribution is 2.17. The first kappa shape index (κ1) is 14.0. The second-order valence-corrected chi connectivity index (χ2v) is 4.08. The lowest BCUT2D eigenvalue weighted by Crippen LogP contribution is -2.19. The van der Waals surface area contributed by atoms with E-state index >= 15 is 0 Å². The van der Waals surface area contributed by atoms with Gasteiger partial charge < -0.3 is 10.6 Å². The summed E-state index contributed by atoms with van der Waals surface area (Å²) in [4.78, 5) is 21.9. The third-order valence-corrected chi connectivity index (χ3v) is 2.59. The van der Waals surface area contributed by atoms with E-state index < -0.39 is 11.0 Å². The van der Waals surface area contributed by atoms with Crippen molar-refractivity contribution in [2.75, 3.05) is 10.6 Å². The Hall–Kier alpha value is -3.40. The maximum atomic E-state index is 11.8. The van der Waals surface area contributed by atoms with Crippen LogP contribution in [0.2, 0.25) is 0 Å². The maximum Gasteiger partial charge on any atom is 0.323 e. The van der Waals surface area contributed by atoms with E-state index in [9.17, 15) is 14.9 Å². The van der Waals surface area contributed by atoms with Crippen LogP contribution in [0.25, 0.3) is 0 Å². The summed E-state index contributed by atoms with van der Waals surface area (Å²) in [6, 6.07) is 13.4. The molecule has 0 saturated heterocycles. The van der Waals surface area contributed by atoms with Crippen molar-refractivity contribution < 1.29 is 9.72 Å². The van der Waals surface area contributed by atoms with Gasteiger partial charge in [0, 0.05) is 23.5 Å². The number of nitro benzene ring substituents is 1. The molecule has 0 radical (unpaired) electrons. The number of amides is 2. The third kappa shape index (κ3) is 3.78. The first-order chi connectivity index (χ1) is 10.1. The normalized spacial score (nSPS) is 9.48. The van der Waals surface area contributed by atoms with Crippen LogP contribution in [-0.4, -0.2) is 11.0 Å². The zero-order valence-electron chi connectivity index (χ0n) is 10.7. The minimum absolute atomic E-state index is 0.105. The minimum Gasteiger partial charge on any atom is -0.308 e. The Morgan fingerprint density at radius 1 is 1.10 bits per heavy atom. The number of hydrogen-bond donors (Lipinski definition) is 2. The van der Waals surface area contributed by atoms with E-state index in [0.717, 1.165) is 0 Å². The quantitative estimate of drug-likeness (QED) is 0.665. The molecule has 2 rings (SSSR count). The van der Waals surface area contributed by atoms with Crippen LogP contribution in [0, 0.1) is 21.4 Å². The summed E-state index contributed by atoms with van der Waals surface area (Å²) in [7, 11) is 0. The Morgan fingerprint density at radius 3 is 2.38 bits per heavy atom. The van der Waals surface area contributed by atoms with Crippen LogP contribution >= 0.6 is 0 Å². The molecule has 7 nitrogen and oxygen atoms in total. The standard InChI is InChI=1S/C14H10N4O3/c15-9-10-4-6-11(7-5-10)16-14(19)17-12-2-1-3-13(8-12)18(20)21/h1-8H,(H2,16,17,19). The van der Waals surface area contributed by atoms with Gasteiger partial charge in [0.15, 0.2) is 0 Å². The van der Waals surface area contributed by atoms with Crippen molar-refractivity contribution in [2.24, 2.45) is 0 Å². The van der Waals surface area contributed by atoms with Gasteiger partial charge in [0.25, 0.3) is 5.69 Å². The summed E-state index contributed by atoms with van der Waals surface area (Å²) in [5.74, 6) is 0. The van der Waals surface area contributed by atoms with Gasteiger partial charge in [0.05, 0.1) is 16.6 Å². The second-order valence-electron chi connectivity index (χ2n) is 4.08. The van der Waals surface area contributed by atoms with E-state index in [4.69, 9.17) is 5.26 Å². The Balaban J connectivity index is 2.02. The van der Waals surface area contributed by atoms with Gasteiger partial charge in [-0.2, -0.15) is 5.26 Å². The summed E-state index contributed by atoms with van der Waals surface area (Å²) in [5.41, 5.74) is 1.21. The summed E-state index contributed by atoms with van der Waals surface area (Å²) >= 11 is 0. The molecule has 0 aliphatic rings. The van der Waals surface area contributed by atoms with Gasteiger partial charge in [-0.25, -0.2) is 4.79 Å². The molecule has 0 unspecified atom stereocenters. The van der Waals surface area contributed by atoms with Crippen molar-refractivity contribution >= 4 is 23.1 Å². The number of non-ortho nitro benzene ring substituents is 1. The number of nitrogens with one attached hydrogen (secondary N) is 2. The van der Waals surface area contributed by atoms with Gasteiger partial charge in [0.1, 0.15) is 0 Å². The van der Waals surface area contributed by atoms with Gasteiger partial charge in [0.2, 0.25) is 0 Å². The fraction of sp³-hybridized carbons (Fsp3) is 0. The fourth-order valence-electron chi connectivity index (χ4n) is 1.62. The number of carbonyl (C=O) groups is 1. The number of nitro groups is 1. The molecule has 0 heterocycles. The van der Waals surface area contributed by atoms with E-state index in [2.05, 4.69) is 10.6 Å². The van der Waals surface area contributed by atoms with Crippen LogP contribution in [0.3, 0.4) is 0 Å². The monoisotopic (exact) mass is 282 g/mol. The van der Waals surface area contributed by atoms with Crippen LogP contribution in [0.4, 0.5) is 21.9 Å². The van der Waals surface area contributed by atoms with E-state index in [0.29, 0.717) is 16.9 Å². The second kappa shape index (κ2) is 6.16. The van der Waals surface area contributed by atoms with E-state index in [-0.39, 0.29) is 5.69 Å². The average Bonchev–Trinajstić information content (AvgIpc) is 2.48. The van der Waals surface area contributed by atoms with Crippen molar-refractivity contribution in [1.82, 2.24) is 0 Å². The Bertz CT molecular complexity index is 720. The summed E-state index contributed by atoms with van der Waals surface area (Å²) in [6.07, 6.45) is 0. The number of benzene rings is 2. The number of urea groups is 1. The molecule has 0 aliphatic carbocycles. The highest BCUT2D eigenvalue weighted by Gasteiger charge is 2.08. The van der Waals surface area contributed by atoms with Crippen molar-refractivity contribution in [3.8, 4) is 6.07 Å². The molecule has 0 aromatic heterocycles. The van der Waals surface area contributed by atoms with E-state index in [1.54, 1.807) is 30.3 Å². The van der Waals surface area contributed by atoms with Gasteiger partial charge in [-0.3, -0.25) is 10.1 Å². The molecular weight excluding hydrogens is 272 g/mol. The van der Waals surface area contributed by atoms with Gasteiger partial charge >= 0.3 is 6.03 Å². The molecule has 0 fully saturated rings. The zero-order valence-corrected chi connectivity index (χ0v) is 10.7. The molecule has 21 heavy (non-hydrogen) atoms. The van der Waals surface area contributed by atoms with Crippen molar-refractivity contribution in [3.05, 3.63) is 64.2 Å². The SMILES string of the molecule is N#Cc1ccc(NC(=O)Nc2cccc([N+](=O)[O-])c2)cc1. The molecule has 0 bridgehead atoms. The minimum atomic E-state index is -0.538. The molecule has 2 N–H and O–H groups in total. The molecule has 0 aliphatic heterocycles. The number of nitrogens with zero attached hydrogens (tertiary/aromatic N) is 2. The molecule has 104 valence electrons. The number of nitriles is 1. The highest BCUT2D eigenvalue weighted by atomic mass is 16.6.